The molecule has 3 aromatic rings. The Bertz CT molecular complexity index is 1040. The Labute approximate surface area is 194 Å². The van der Waals surface area contributed by atoms with Gasteiger partial charge in [-0.05, 0) is 68.4 Å². The molecule has 0 saturated carbocycles. The fourth-order valence-corrected chi connectivity index (χ4v) is 2.98. The van der Waals surface area contributed by atoms with Crippen LogP contribution < -0.4 is 25.4 Å². The molecular formula is C26H29N3O4. The van der Waals surface area contributed by atoms with E-state index >= 15 is 0 Å². The van der Waals surface area contributed by atoms with E-state index in [0.29, 0.717) is 24.5 Å². The van der Waals surface area contributed by atoms with Gasteiger partial charge in [-0.3, -0.25) is 9.59 Å². The molecule has 0 atom stereocenters. The van der Waals surface area contributed by atoms with Crippen LogP contribution >= 0.6 is 0 Å². The molecule has 0 radical (unpaired) electrons. The summed E-state index contributed by atoms with van der Waals surface area (Å²) in [5, 5.41) is 8.71. The molecule has 2 amide bonds. The number of para-hydroxylation sites is 1. The number of ether oxygens (including phenoxy) is 2. The van der Waals surface area contributed by atoms with E-state index in [1.165, 1.54) is 0 Å². The van der Waals surface area contributed by atoms with Crippen LogP contribution in [0.25, 0.3) is 0 Å². The molecule has 0 bridgehead atoms. The summed E-state index contributed by atoms with van der Waals surface area (Å²) in [5.41, 5.74) is 1.86. The van der Waals surface area contributed by atoms with E-state index in [4.69, 9.17) is 9.47 Å². The number of amides is 2. The van der Waals surface area contributed by atoms with Crippen molar-refractivity contribution in [3.63, 3.8) is 0 Å². The number of benzene rings is 3. The molecule has 0 aliphatic heterocycles. The van der Waals surface area contributed by atoms with Crippen LogP contribution in [0.2, 0.25) is 0 Å². The summed E-state index contributed by atoms with van der Waals surface area (Å²) in [4.78, 5) is 24.4. The largest absolute Gasteiger partial charge is 0.490 e. The molecule has 0 heterocycles. The fourth-order valence-electron chi connectivity index (χ4n) is 2.98. The Kier molecular flexibility index (Phi) is 8.71. The van der Waals surface area contributed by atoms with Crippen molar-refractivity contribution in [1.29, 1.82) is 0 Å². The third kappa shape index (κ3) is 8.22. The lowest BCUT2D eigenvalue weighted by molar-refractivity contribution is -0.114. The van der Waals surface area contributed by atoms with E-state index < -0.39 is 0 Å². The van der Waals surface area contributed by atoms with Crippen molar-refractivity contribution in [3.05, 3.63) is 84.4 Å². The van der Waals surface area contributed by atoms with Gasteiger partial charge < -0.3 is 25.4 Å². The van der Waals surface area contributed by atoms with Crippen LogP contribution in [-0.2, 0) is 4.79 Å². The molecule has 7 nitrogen and oxygen atoms in total. The third-order valence-corrected chi connectivity index (χ3v) is 4.50. The molecular weight excluding hydrogens is 418 g/mol. The normalized spacial score (nSPS) is 10.4. The second-order valence-corrected chi connectivity index (χ2v) is 7.65. The Morgan fingerprint density at radius 1 is 0.788 bits per heavy atom. The van der Waals surface area contributed by atoms with Gasteiger partial charge in [0.05, 0.1) is 6.54 Å². The first-order chi connectivity index (χ1) is 16.0. The summed E-state index contributed by atoms with van der Waals surface area (Å²) < 4.78 is 11.3. The average Bonchev–Trinajstić information content (AvgIpc) is 2.82. The molecule has 0 fully saturated rings. The summed E-state index contributed by atoms with van der Waals surface area (Å²) in [6.07, 6.45) is 0. The van der Waals surface area contributed by atoms with Crippen molar-refractivity contribution in [2.24, 2.45) is 0 Å². The van der Waals surface area contributed by atoms with E-state index in [1.807, 2.05) is 68.4 Å². The molecule has 0 aliphatic rings. The maximum atomic E-state index is 12.3. The standard InChI is InChI=1S/C26H29N3O4/c1-19(2)28-26(31)20-7-6-8-22(17-20)29-25(30)18-27-21-11-13-24(14-12-21)33-16-15-32-23-9-4-3-5-10-23/h3-14,17,19,27H,15-16,18H2,1-2H3,(H,28,31)(H,29,30). The molecule has 3 aromatic carbocycles. The number of nitrogens with one attached hydrogen (secondary N) is 3. The zero-order valence-electron chi connectivity index (χ0n) is 18.8. The van der Waals surface area contributed by atoms with Crippen LogP contribution in [0.5, 0.6) is 11.5 Å². The predicted octanol–water partition coefficient (Wildman–Crippen LogP) is 4.33. The van der Waals surface area contributed by atoms with Gasteiger partial charge in [-0.1, -0.05) is 24.3 Å². The SMILES string of the molecule is CC(C)NC(=O)c1cccc(NC(=O)CNc2ccc(OCCOc3ccccc3)cc2)c1. The molecule has 0 aromatic heterocycles. The number of carbonyl (C=O) groups is 2. The van der Waals surface area contributed by atoms with Gasteiger partial charge in [0.2, 0.25) is 5.91 Å². The monoisotopic (exact) mass is 447 g/mol. The molecule has 3 N–H and O–H groups in total. The van der Waals surface area contributed by atoms with Gasteiger partial charge in [0.25, 0.3) is 5.91 Å². The molecule has 0 unspecified atom stereocenters. The minimum absolute atomic E-state index is 0.0411. The number of hydrogen-bond acceptors (Lipinski definition) is 5. The lowest BCUT2D eigenvalue weighted by Crippen LogP contribution is -2.30. The van der Waals surface area contributed by atoms with Crippen LogP contribution in [0.4, 0.5) is 11.4 Å². The minimum Gasteiger partial charge on any atom is -0.490 e. The van der Waals surface area contributed by atoms with Crippen molar-refractivity contribution in [2.45, 2.75) is 19.9 Å². The van der Waals surface area contributed by atoms with E-state index in [1.54, 1.807) is 24.3 Å². The number of rotatable bonds is 11. The Hall–Kier alpha value is -4.00. The zero-order valence-corrected chi connectivity index (χ0v) is 18.8. The number of hydrogen-bond donors (Lipinski definition) is 3. The van der Waals surface area contributed by atoms with Crippen LogP contribution in [0.15, 0.2) is 78.9 Å². The van der Waals surface area contributed by atoms with Crippen LogP contribution in [0.1, 0.15) is 24.2 Å². The average molecular weight is 448 g/mol. The summed E-state index contributed by atoms with van der Waals surface area (Å²) in [5.74, 6) is 1.14. The zero-order chi connectivity index (χ0) is 23.5. The van der Waals surface area contributed by atoms with Gasteiger partial charge in [-0.2, -0.15) is 0 Å². The Morgan fingerprint density at radius 2 is 1.45 bits per heavy atom. The summed E-state index contributed by atoms with van der Waals surface area (Å²) in [7, 11) is 0. The molecule has 33 heavy (non-hydrogen) atoms. The van der Waals surface area contributed by atoms with E-state index in [9.17, 15) is 9.59 Å². The highest BCUT2D eigenvalue weighted by molar-refractivity contribution is 5.98. The van der Waals surface area contributed by atoms with E-state index in [2.05, 4.69) is 16.0 Å². The lowest BCUT2D eigenvalue weighted by atomic mass is 10.1. The van der Waals surface area contributed by atoms with Gasteiger partial charge in [0.1, 0.15) is 24.7 Å². The van der Waals surface area contributed by atoms with Crippen LogP contribution in [0.3, 0.4) is 0 Å². The lowest BCUT2D eigenvalue weighted by Gasteiger charge is -2.11. The topological polar surface area (TPSA) is 88.7 Å². The molecule has 3 rings (SSSR count). The van der Waals surface area contributed by atoms with Crippen LogP contribution in [0, 0.1) is 0 Å². The van der Waals surface area contributed by atoms with Crippen molar-refractivity contribution < 1.29 is 19.1 Å². The fraction of sp³-hybridized carbons (Fsp3) is 0.231. The van der Waals surface area contributed by atoms with Gasteiger partial charge in [0, 0.05) is 23.0 Å². The summed E-state index contributed by atoms with van der Waals surface area (Å²) in [6.45, 7) is 4.76. The first-order valence-corrected chi connectivity index (χ1v) is 10.8. The minimum atomic E-state index is -0.213. The highest BCUT2D eigenvalue weighted by Crippen LogP contribution is 2.16. The van der Waals surface area contributed by atoms with Crippen LogP contribution in [-0.4, -0.2) is 37.6 Å². The van der Waals surface area contributed by atoms with Crippen molar-refractivity contribution in [3.8, 4) is 11.5 Å². The Morgan fingerprint density at radius 3 is 2.12 bits per heavy atom. The number of anilines is 2. The van der Waals surface area contributed by atoms with Gasteiger partial charge >= 0.3 is 0 Å². The molecule has 7 heteroatoms. The second-order valence-electron chi connectivity index (χ2n) is 7.65. The summed E-state index contributed by atoms with van der Waals surface area (Å²) >= 11 is 0. The first kappa shape index (κ1) is 23.7. The quantitative estimate of drug-likeness (QED) is 0.381. The van der Waals surface area contributed by atoms with E-state index in [-0.39, 0.29) is 24.4 Å². The van der Waals surface area contributed by atoms with Crippen molar-refractivity contribution in [2.75, 3.05) is 30.4 Å². The smallest absolute Gasteiger partial charge is 0.251 e. The molecule has 0 saturated heterocycles. The maximum Gasteiger partial charge on any atom is 0.251 e. The summed E-state index contributed by atoms with van der Waals surface area (Å²) in [6, 6.07) is 23.8. The van der Waals surface area contributed by atoms with Gasteiger partial charge in [-0.15, -0.1) is 0 Å². The predicted molar refractivity (Wildman–Crippen MR) is 130 cm³/mol. The third-order valence-electron chi connectivity index (χ3n) is 4.50. The molecule has 0 aliphatic carbocycles. The Balaban J connectivity index is 1.40. The van der Waals surface area contributed by atoms with E-state index in [0.717, 1.165) is 17.2 Å². The first-order valence-electron chi connectivity index (χ1n) is 10.8. The second kappa shape index (κ2) is 12.1. The maximum absolute atomic E-state index is 12.3. The molecule has 0 spiro atoms. The highest BCUT2D eigenvalue weighted by Gasteiger charge is 2.09. The number of carbonyl (C=O) groups excluding carboxylic acids is 2. The molecule has 172 valence electrons. The van der Waals surface area contributed by atoms with Crippen molar-refractivity contribution >= 4 is 23.2 Å². The highest BCUT2D eigenvalue weighted by atomic mass is 16.5. The van der Waals surface area contributed by atoms with Crippen molar-refractivity contribution in [1.82, 2.24) is 5.32 Å². The van der Waals surface area contributed by atoms with Gasteiger partial charge in [0.15, 0.2) is 0 Å². The van der Waals surface area contributed by atoms with Gasteiger partial charge in [-0.25, -0.2) is 0 Å².